The summed E-state index contributed by atoms with van der Waals surface area (Å²) in [5, 5.41) is 16.0. The molecule has 1 heterocycles. The first-order chi connectivity index (χ1) is 10.6. The van der Waals surface area contributed by atoms with Crippen molar-refractivity contribution in [1.29, 1.82) is 0 Å². The van der Waals surface area contributed by atoms with Crippen molar-refractivity contribution in [3.05, 3.63) is 63.2 Å². The van der Waals surface area contributed by atoms with Crippen LogP contribution in [0.4, 0.5) is 5.69 Å². The van der Waals surface area contributed by atoms with Crippen LogP contribution < -0.4 is 4.74 Å². The van der Waals surface area contributed by atoms with Crippen LogP contribution in [0.25, 0.3) is 10.9 Å². The fraction of sp³-hybridized carbons (Fsp3) is 0.133. The third-order valence-electron chi connectivity index (χ3n) is 3.21. The molecule has 0 saturated carbocycles. The average molecular weight is 362 g/mol. The molecule has 0 radical (unpaired) electrons. The van der Waals surface area contributed by atoms with Crippen LogP contribution >= 0.6 is 15.9 Å². The molecular formula is C15H12BrN3O3. The van der Waals surface area contributed by atoms with Crippen molar-refractivity contribution in [2.75, 3.05) is 6.61 Å². The van der Waals surface area contributed by atoms with Crippen molar-refractivity contribution < 1.29 is 9.66 Å². The van der Waals surface area contributed by atoms with E-state index in [2.05, 4.69) is 21.0 Å². The second kappa shape index (κ2) is 6.15. The van der Waals surface area contributed by atoms with Gasteiger partial charge in [-0.15, -0.1) is 0 Å². The van der Waals surface area contributed by atoms with Gasteiger partial charge >= 0.3 is 0 Å². The highest BCUT2D eigenvalue weighted by Gasteiger charge is 2.10. The number of nitrogens with zero attached hydrogens (tertiary/aromatic N) is 3. The van der Waals surface area contributed by atoms with Gasteiger partial charge in [-0.3, -0.25) is 14.8 Å². The van der Waals surface area contributed by atoms with Gasteiger partial charge in [0.15, 0.2) is 0 Å². The van der Waals surface area contributed by atoms with Crippen molar-refractivity contribution in [2.45, 2.75) is 6.54 Å². The minimum absolute atomic E-state index is 0.0576. The molecule has 0 amide bonds. The minimum atomic E-state index is -0.408. The molecule has 0 fully saturated rings. The second-order valence-corrected chi connectivity index (χ2v) is 5.59. The lowest BCUT2D eigenvalue weighted by molar-refractivity contribution is -0.384. The Kier molecular flexibility index (Phi) is 4.06. The third kappa shape index (κ3) is 3.09. The summed E-state index contributed by atoms with van der Waals surface area (Å²) in [7, 11) is 0. The molecule has 112 valence electrons. The van der Waals surface area contributed by atoms with Crippen molar-refractivity contribution in [1.82, 2.24) is 9.78 Å². The Morgan fingerprint density at radius 3 is 2.91 bits per heavy atom. The van der Waals surface area contributed by atoms with Gasteiger partial charge in [0, 0.05) is 22.0 Å². The fourth-order valence-electron chi connectivity index (χ4n) is 2.16. The van der Waals surface area contributed by atoms with E-state index in [1.807, 2.05) is 24.3 Å². The Morgan fingerprint density at radius 1 is 1.27 bits per heavy atom. The first-order valence-corrected chi connectivity index (χ1v) is 7.41. The number of non-ortho nitro benzene ring substituents is 1. The summed E-state index contributed by atoms with van der Waals surface area (Å²) in [5.74, 6) is 0.761. The lowest BCUT2D eigenvalue weighted by Gasteiger charge is -2.07. The maximum absolute atomic E-state index is 10.9. The summed E-state index contributed by atoms with van der Waals surface area (Å²) < 4.78 is 8.32. The van der Waals surface area contributed by atoms with Gasteiger partial charge in [-0.1, -0.05) is 22.0 Å². The zero-order chi connectivity index (χ0) is 15.5. The average Bonchev–Trinajstić information content (AvgIpc) is 2.90. The van der Waals surface area contributed by atoms with Crippen molar-refractivity contribution in [3.8, 4) is 5.75 Å². The first-order valence-electron chi connectivity index (χ1n) is 6.62. The summed E-state index contributed by atoms with van der Waals surface area (Å²) in [4.78, 5) is 10.4. The summed E-state index contributed by atoms with van der Waals surface area (Å²) in [6.45, 7) is 0.938. The number of nitro groups is 1. The summed E-state index contributed by atoms with van der Waals surface area (Å²) in [6.07, 6.45) is 1.69. The molecule has 0 spiro atoms. The van der Waals surface area contributed by atoms with Crippen LogP contribution in [0.5, 0.6) is 5.75 Å². The zero-order valence-corrected chi connectivity index (χ0v) is 13.1. The molecule has 3 rings (SSSR count). The highest BCUT2D eigenvalue weighted by atomic mass is 79.9. The lowest BCUT2D eigenvalue weighted by atomic mass is 10.2. The van der Waals surface area contributed by atoms with Gasteiger partial charge in [-0.25, -0.2) is 0 Å². The Morgan fingerprint density at radius 2 is 2.14 bits per heavy atom. The molecule has 7 heteroatoms. The van der Waals surface area contributed by atoms with E-state index in [1.165, 1.54) is 12.1 Å². The SMILES string of the molecule is O=[N+]([O-])c1ccc2cnn(CCOc3cccc(Br)c3)c2c1. The monoisotopic (exact) mass is 361 g/mol. The molecule has 0 N–H and O–H groups in total. The molecule has 2 aromatic carbocycles. The van der Waals surface area contributed by atoms with Gasteiger partial charge in [0.2, 0.25) is 0 Å². The highest BCUT2D eigenvalue weighted by molar-refractivity contribution is 9.10. The number of rotatable bonds is 5. The van der Waals surface area contributed by atoms with Crippen LogP contribution in [-0.4, -0.2) is 21.3 Å². The van der Waals surface area contributed by atoms with Crippen LogP contribution in [0.2, 0.25) is 0 Å². The smallest absolute Gasteiger partial charge is 0.271 e. The van der Waals surface area contributed by atoms with Crippen molar-refractivity contribution >= 4 is 32.5 Å². The molecule has 0 aliphatic heterocycles. The van der Waals surface area contributed by atoms with E-state index >= 15 is 0 Å². The van der Waals surface area contributed by atoms with E-state index in [-0.39, 0.29) is 5.69 Å². The maximum atomic E-state index is 10.9. The van der Waals surface area contributed by atoms with Gasteiger partial charge in [0.25, 0.3) is 5.69 Å². The Balaban J connectivity index is 1.73. The fourth-order valence-corrected chi connectivity index (χ4v) is 2.54. The summed E-state index contributed by atoms with van der Waals surface area (Å²) >= 11 is 3.39. The topological polar surface area (TPSA) is 70.2 Å². The molecule has 0 saturated heterocycles. The number of halogens is 1. The zero-order valence-electron chi connectivity index (χ0n) is 11.5. The number of fused-ring (bicyclic) bond motifs is 1. The molecule has 0 aliphatic rings. The normalized spacial score (nSPS) is 10.8. The van der Waals surface area contributed by atoms with Crippen LogP contribution in [0.1, 0.15) is 0 Å². The standard InChI is InChI=1S/C15H12BrN3O3/c16-12-2-1-3-14(8-12)22-7-6-18-15-9-13(19(20)21)5-4-11(15)10-17-18/h1-5,8-10H,6-7H2. The van der Waals surface area contributed by atoms with Crippen molar-refractivity contribution in [3.63, 3.8) is 0 Å². The number of hydrogen-bond acceptors (Lipinski definition) is 4. The molecule has 3 aromatic rings. The molecule has 6 nitrogen and oxygen atoms in total. The van der Waals surface area contributed by atoms with E-state index in [0.717, 1.165) is 21.1 Å². The second-order valence-electron chi connectivity index (χ2n) is 4.67. The number of benzene rings is 2. The molecule has 0 unspecified atom stereocenters. The Hall–Kier alpha value is -2.41. The van der Waals surface area contributed by atoms with Gasteiger partial charge in [-0.2, -0.15) is 5.10 Å². The third-order valence-corrected chi connectivity index (χ3v) is 3.70. The molecule has 0 atom stereocenters. The molecule has 22 heavy (non-hydrogen) atoms. The Labute approximate surface area is 134 Å². The van der Waals surface area contributed by atoms with Gasteiger partial charge in [0.05, 0.1) is 23.2 Å². The van der Waals surface area contributed by atoms with E-state index in [0.29, 0.717) is 13.2 Å². The number of ether oxygens (including phenoxy) is 1. The van der Waals surface area contributed by atoms with Gasteiger partial charge in [-0.05, 0) is 24.3 Å². The lowest BCUT2D eigenvalue weighted by Crippen LogP contribution is -2.09. The van der Waals surface area contributed by atoms with Crippen LogP contribution in [-0.2, 0) is 6.54 Å². The molecular weight excluding hydrogens is 350 g/mol. The number of nitro benzene ring substituents is 1. The summed E-state index contributed by atoms with van der Waals surface area (Å²) in [5.41, 5.74) is 0.786. The summed E-state index contributed by atoms with van der Waals surface area (Å²) in [6, 6.07) is 12.3. The van der Waals surface area contributed by atoms with Gasteiger partial charge < -0.3 is 4.74 Å². The van der Waals surface area contributed by atoms with E-state index in [1.54, 1.807) is 16.9 Å². The van der Waals surface area contributed by atoms with Crippen molar-refractivity contribution in [2.24, 2.45) is 0 Å². The van der Waals surface area contributed by atoms with Gasteiger partial charge in [0.1, 0.15) is 12.4 Å². The highest BCUT2D eigenvalue weighted by Crippen LogP contribution is 2.21. The van der Waals surface area contributed by atoms with E-state index in [4.69, 9.17) is 4.74 Å². The minimum Gasteiger partial charge on any atom is -0.492 e. The Bertz CT molecular complexity index is 832. The molecule has 0 bridgehead atoms. The van der Waals surface area contributed by atoms with Crippen LogP contribution in [0.3, 0.4) is 0 Å². The maximum Gasteiger partial charge on any atom is 0.271 e. The number of hydrogen-bond donors (Lipinski definition) is 0. The molecule has 1 aromatic heterocycles. The van der Waals surface area contributed by atoms with Crippen LogP contribution in [0, 0.1) is 10.1 Å². The predicted molar refractivity (Wildman–Crippen MR) is 86.0 cm³/mol. The van der Waals surface area contributed by atoms with E-state index < -0.39 is 4.92 Å². The molecule has 0 aliphatic carbocycles. The number of aromatic nitrogens is 2. The predicted octanol–water partition coefficient (Wildman–Crippen LogP) is 3.79. The first kappa shape index (κ1) is 14.5. The largest absolute Gasteiger partial charge is 0.492 e. The quantitative estimate of drug-likeness (QED) is 0.512. The van der Waals surface area contributed by atoms with E-state index in [9.17, 15) is 10.1 Å². The van der Waals surface area contributed by atoms with Crippen LogP contribution in [0.15, 0.2) is 53.1 Å².